The third kappa shape index (κ3) is 13.5. The number of aliphatic hydroxyl groups is 1. The monoisotopic (exact) mass is 386 g/mol. The number of ether oxygens (including phenoxy) is 2. The van der Waals surface area contributed by atoms with Gasteiger partial charge in [0.25, 0.3) is 0 Å². The summed E-state index contributed by atoms with van der Waals surface area (Å²) in [5.74, 6) is 0. The van der Waals surface area contributed by atoms with E-state index in [1.807, 2.05) is 27.7 Å². The Morgan fingerprint density at radius 2 is 0.962 bits per heavy atom. The summed E-state index contributed by atoms with van der Waals surface area (Å²) in [7, 11) is 1.34. The molecule has 150 valence electrons. The zero-order chi connectivity index (χ0) is 20.8. The van der Waals surface area contributed by atoms with Crippen LogP contribution in [-0.4, -0.2) is 41.6 Å². The van der Waals surface area contributed by atoms with Crippen molar-refractivity contribution in [2.45, 2.75) is 37.5 Å². The standard InChI is InChI=1S/C12H10O2S.C2H6O2.C2H6O.2C2H6/c13-15(14,11-7-3-1-4-8-11)12-9-5-2-6-10-12;1-4-2-3;1-3-2;2*1-2/h1-10H;3H,2H2,1H3;1-2H3;2*1-2H3. The number of hydrogen-bond donors (Lipinski definition) is 1. The summed E-state index contributed by atoms with van der Waals surface area (Å²) in [4.78, 5) is 0.660. The molecule has 0 spiro atoms. The van der Waals surface area contributed by atoms with Crippen molar-refractivity contribution >= 4 is 9.84 Å². The normalized spacial score (nSPS) is 8.77. The van der Waals surface area contributed by atoms with Gasteiger partial charge in [0.15, 0.2) is 0 Å². The van der Waals surface area contributed by atoms with Crippen molar-refractivity contribution in [2.75, 3.05) is 28.1 Å². The third-order valence-electron chi connectivity index (χ3n) is 2.24. The maximum absolute atomic E-state index is 12.0. The zero-order valence-corrected chi connectivity index (χ0v) is 17.8. The van der Waals surface area contributed by atoms with Crippen LogP contribution >= 0.6 is 0 Å². The number of benzene rings is 2. The molecule has 0 bridgehead atoms. The Morgan fingerprint density at radius 3 is 1.15 bits per heavy atom. The van der Waals surface area contributed by atoms with Crippen LogP contribution in [0.2, 0.25) is 0 Å². The van der Waals surface area contributed by atoms with E-state index in [1.165, 1.54) is 7.11 Å². The van der Waals surface area contributed by atoms with Crippen LogP contribution in [0.1, 0.15) is 27.7 Å². The molecule has 5 nitrogen and oxygen atoms in total. The first-order valence-corrected chi connectivity index (χ1v) is 9.88. The predicted octanol–water partition coefficient (Wildman–Crippen LogP) is 4.42. The Bertz CT molecular complexity index is 537. The molecule has 0 saturated carbocycles. The maximum Gasteiger partial charge on any atom is 0.206 e. The highest BCUT2D eigenvalue weighted by atomic mass is 32.2. The number of aliphatic hydroxyl groups excluding tert-OH is 1. The molecule has 2 aromatic carbocycles. The summed E-state index contributed by atoms with van der Waals surface area (Å²) >= 11 is 0. The van der Waals surface area contributed by atoms with E-state index in [4.69, 9.17) is 5.11 Å². The van der Waals surface area contributed by atoms with Gasteiger partial charge in [-0.1, -0.05) is 64.1 Å². The Hall–Kier alpha value is -1.73. The van der Waals surface area contributed by atoms with Gasteiger partial charge in [-0.3, -0.25) is 0 Å². The lowest BCUT2D eigenvalue weighted by Crippen LogP contribution is -2.00. The predicted molar refractivity (Wildman–Crippen MR) is 108 cm³/mol. The van der Waals surface area contributed by atoms with Crippen molar-refractivity contribution in [3.05, 3.63) is 60.7 Å². The second kappa shape index (κ2) is 21.3. The van der Waals surface area contributed by atoms with Gasteiger partial charge in [0.2, 0.25) is 9.84 Å². The van der Waals surface area contributed by atoms with Crippen molar-refractivity contribution in [1.82, 2.24) is 0 Å². The van der Waals surface area contributed by atoms with E-state index in [0.29, 0.717) is 9.79 Å². The van der Waals surface area contributed by atoms with Crippen LogP contribution in [0.25, 0.3) is 0 Å². The summed E-state index contributed by atoms with van der Waals surface area (Å²) in [6.07, 6.45) is 0. The smallest absolute Gasteiger partial charge is 0.206 e. The van der Waals surface area contributed by atoms with E-state index in [9.17, 15) is 8.42 Å². The molecular weight excluding hydrogens is 352 g/mol. The van der Waals surface area contributed by atoms with Gasteiger partial charge in [0.1, 0.15) is 6.79 Å². The van der Waals surface area contributed by atoms with Gasteiger partial charge in [-0.2, -0.15) is 0 Å². The van der Waals surface area contributed by atoms with Gasteiger partial charge in [-0.05, 0) is 24.3 Å². The van der Waals surface area contributed by atoms with Crippen LogP contribution in [0.3, 0.4) is 0 Å². The third-order valence-corrected chi connectivity index (χ3v) is 4.02. The Labute approximate surface area is 159 Å². The van der Waals surface area contributed by atoms with Crippen LogP contribution < -0.4 is 0 Å². The van der Waals surface area contributed by atoms with Gasteiger partial charge in [-0.25, -0.2) is 8.42 Å². The van der Waals surface area contributed by atoms with E-state index < -0.39 is 9.84 Å². The molecule has 0 fully saturated rings. The number of hydrogen-bond acceptors (Lipinski definition) is 5. The lowest BCUT2D eigenvalue weighted by atomic mass is 10.4. The molecule has 0 aliphatic heterocycles. The van der Waals surface area contributed by atoms with Crippen molar-refractivity contribution in [1.29, 1.82) is 0 Å². The van der Waals surface area contributed by atoms with Crippen LogP contribution in [0, 0.1) is 0 Å². The first-order valence-electron chi connectivity index (χ1n) is 8.39. The molecule has 0 saturated heterocycles. The fourth-order valence-corrected chi connectivity index (χ4v) is 2.64. The highest BCUT2D eigenvalue weighted by Crippen LogP contribution is 2.19. The second-order valence-electron chi connectivity index (χ2n) is 3.96. The Balaban J connectivity index is -0.000000405. The van der Waals surface area contributed by atoms with Crippen LogP contribution in [0.5, 0.6) is 0 Å². The molecule has 0 radical (unpaired) electrons. The molecule has 0 unspecified atom stereocenters. The molecule has 0 heterocycles. The zero-order valence-electron chi connectivity index (χ0n) is 17.0. The summed E-state index contributed by atoms with van der Waals surface area (Å²) in [5.41, 5.74) is 0. The highest BCUT2D eigenvalue weighted by molar-refractivity contribution is 7.91. The van der Waals surface area contributed by atoms with E-state index in [2.05, 4.69) is 9.47 Å². The molecule has 0 aliphatic rings. The van der Waals surface area contributed by atoms with Gasteiger partial charge in [0, 0.05) is 21.3 Å². The SMILES string of the molecule is CC.CC.COC.COCO.O=S(=O)(c1ccccc1)c1ccccc1. The minimum Gasteiger partial charge on any atom is -0.388 e. The van der Waals surface area contributed by atoms with Crippen LogP contribution in [-0.2, 0) is 19.3 Å². The summed E-state index contributed by atoms with van der Waals surface area (Å²) in [6.45, 7) is 7.82. The summed E-state index contributed by atoms with van der Waals surface area (Å²) < 4.78 is 32.4. The van der Waals surface area contributed by atoms with Crippen LogP contribution in [0.4, 0.5) is 0 Å². The van der Waals surface area contributed by atoms with E-state index in [0.717, 1.165) is 0 Å². The van der Waals surface area contributed by atoms with Gasteiger partial charge in [0.05, 0.1) is 9.79 Å². The average Bonchev–Trinajstić information content (AvgIpc) is 2.73. The lowest BCUT2D eigenvalue weighted by Gasteiger charge is -2.03. The van der Waals surface area contributed by atoms with Crippen molar-refractivity contribution in [2.24, 2.45) is 0 Å². The minimum absolute atomic E-state index is 0.181. The van der Waals surface area contributed by atoms with Crippen LogP contribution in [0.15, 0.2) is 70.5 Å². The number of sulfone groups is 1. The Kier molecular flexibility index (Phi) is 23.8. The lowest BCUT2D eigenvalue weighted by molar-refractivity contribution is 0.0325. The molecule has 2 aromatic rings. The number of methoxy groups -OCH3 is 2. The van der Waals surface area contributed by atoms with E-state index >= 15 is 0 Å². The molecule has 0 amide bonds. The molecule has 6 heteroatoms. The molecule has 0 atom stereocenters. The maximum atomic E-state index is 12.0. The fourth-order valence-electron chi connectivity index (χ4n) is 1.34. The molecule has 0 aliphatic carbocycles. The fraction of sp³-hybridized carbons (Fsp3) is 0.400. The molecular formula is C20H34O5S. The summed E-state index contributed by atoms with van der Waals surface area (Å²) in [6, 6.07) is 16.9. The van der Waals surface area contributed by atoms with Crippen molar-refractivity contribution in [3.63, 3.8) is 0 Å². The second-order valence-corrected chi connectivity index (χ2v) is 5.91. The van der Waals surface area contributed by atoms with Gasteiger partial charge in [-0.15, -0.1) is 0 Å². The molecule has 1 N–H and O–H groups in total. The van der Waals surface area contributed by atoms with Crippen molar-refractivity contribution < 1.29 is 23.0 Å². The average molecular weight is 387 g/mol. The van der Waals surface area contributed by atoms with E-state index in [1.54, 1.807) is 74.9 Å². The first kappa shape index (κ1) is 29.0. The largest absolute Gasteiger partial charge is 0.388 e. The highest BCUT2D eigenvalue weighted by Gasteiger charge is 2.15. The van der Waals surface area contributed by atoms with Crippen molar-refractivity contribution in [3.8, 4) is 0 Å². The molecule has 2 rings (SSSR count). The summed E-state index contributed by atoms with van der Waals surface area (Å²) in [5, 5.41) is 7.65. The number of rotatable bonds is 3. The van der Waals surface area contributed by atoms with E-state index in [-0.39, 0.29) is 6.79 Å². The minimum atomic E-state index is -3.34. The first-order chi connectivity index (χ1) is 12.5. The quantitative estimate of drug-likeness (QED) is 0.791. The Morgan fingerprint density at radius 1 is 0.731 bits per heavy atom. The molecule has 0 aromatic heterocycles. The molecule has 26 heavy (non-hydrogen) atoms. The van der Waals surface area contributed by atoms with Gasteiger partial charge < -0.3 is 14.6 Å². The van der Waals surface area contributed by atoms with Gasteiger partial charge >= 0.3 is 0 Å². The topological polar surface area (TPSA) is 72.8 Å².